The van der Waals surface area contributed by atoms with Crippen molar-refractivity contribution in [2.24, 2.45) is 5.92 Å². The van der Waals surface area contributed by atoms with E-state index in [2.05, 4.69) is 11.2 Å². The Morgan fingerprint density at radius 3 is 2.92 bits per heavy atom. The minimum absolute atomic E-state index is 0.00669. The van der Waals surface area contributed by atoms with E-state index in [-0.39, 0.29) is 17.9 Å². The highest BCUT2D eigenvalue weighted by Crippen LogP contribution is 2.25. The van der Waals surface area contributed by atoms with Gasteiger partial charge in [-0.3, -0.25) is 4.79 Å². The molecule has 3 heteroatoms. The maximum Gasteiger partial charge on any atom is 0.223 e. The first-order valence-electron chi connectivity index (χ1n) is 4.63. The molecule has 0 heterocycles. The van der Waals surface area contributed by atoms with E-state index in [1.807, 2.05) is 0 Å². The van der Waals surface area contributed by atoms with Crippen molar-refractivity contribution in [2.45, 2.75) is 31.8 Å². The van der Waals surface area contributed by atoms with E-state index < -0.39 is 0 Å². The Labute approximate surface area is 78.5 Å². The fourth-order valence-electron chi connectivity index (χ4n) is 1.60. The second kappa shape index (κ2) is 4.88. The zero-order valence-electron chi connectivity index (χ0n) is 7.62. The summed E-state index contributed by atoms with van der Waals surface area (Å²) in [4.78, 5) is 11.4. The second-order valence-corrected chi connectivity index (χ2v) is 3.41. The van der Waals surface area contributed by atoms with E-state index in [4.69, 9.17) is 6.42 Å². The molecule has 1 amide bonds. The van der Waals surface area contributed by atoms with Crippen molar-refractivity contribution in [3.8, 4) is 12.3 Å². The van der Waals surface area contributed by atoms with E-state index in [1.165, 1.54) is 0 Å². The first-order valence-corrected chi connectivity index (χ1v) is 4.63. The van der Waals surface area contributed by atoms with Crippen molar-refractivity contribution in [3.05, 3.63) is 0 Å². The first-order chi connectivity index (χ1) is 6.24. The zero-order valence-corrected chi connectivity index (χ0v) is 7.62. The maximum atomic E-state index is 11.4. The highest BCUT2D eigenvalue weighted by atomic mass is 16.3. The summed E-state index contributed by atoms with van der Waals surface area (Å²) in [6.07, 6.45) is 7.47. The Balaban J connectivity index is 2.21. The number of hydrogen-bond donors (Lipinski definition) is 2. The zero-order chi connectivity index (χ0) is 9.68. The minimum Gasteiger partial charge on any atom is -0.393 e. The molecule has 0 saturated heterocycles. The SMILES string of the molecule is C#CCCNC(=O)C1CCC(O)C1. The molecule has 0 spiro atoms. The van der Waals surface area contributed by atoms with Crippen molar-refractivity contribution in [3.63, 3.8) is 0 Å². The fourth-order valence-corrected chi connectivity index (χ4v) is 1.60. The number of carbonyl (C=O) groups excluding carboxylic acids is 1. The van der Waals surface area contributed by atoms with Gasteiger partial charge in [-0.1, -0.05) is 0 Å². The molecule has 3 nitrogen and oxygen atoms in total. The highest BCUT2D eigenvalue weighted by molar-refractivity contribution is 5.78. The van der Waals surface area contributed by atoms with E-state index >= 15 is 0 Å². The van der Waals surface area contributed by atoms with Gasteiger partial charge in [0.2, 0.25) is 5.91 Å². The van der Waals surface area contributed by atoms with E-state index in [0.717, 1.165) is 12.8 Å². The van der Waals surface area contributed by atoms with Crippen LogP contribution < -0.4 is 5.32 Å². The Morgan fingerprint density at radius 1 is 1.62 bits per heavy atom. The molecule has 1 saturated carbocycles. The lowest BCUT2D eigenvalue weighted by Gasteiger charge is -2.08. The molecule has 0 aromatic heterocycles. The molecule has 0 bridgehead atoms. The van der Waals surface area contributed by atoms with Crippen LogP contribution in [-0.4, -0.2) is 23.7 Å². The molecule has 13 heavy (non-hydrogen) atoms. The summed E-state index contributed by atoms with van der Waals surface area (Å²) in [5, 5.41) is 12.0. The summed E-state index contributed by atoms with van der Waals surface area (Å²) in [5.74, 6) is 2.49. The smallest absolute Gasteiger partial charge is 0.223 e. The fraction of sp³-hybridized carbons (Fsp3) is 0.700. The molecule has 1 rings (SSSR count). The van der Waals surface area contributed by atoms with E-state index in [0.29, 0.717) is 19.4 Å². The van der Waals surface area contributed by atoms with Gasteiger partial charge in [0.1, 0.15) is 0 Å². The molecule has 0 aliphatic heterocycles. The van der Waals surface area contributed by atoms with Crippen LogP contribution in [0.25, 0.3) is 0 Å². The molecule has 0 aromatic rings. The molecular formula is C10H15NO2. The van der Waals surface area contributed by atoms with Crippen molar-refractivity contribution < 1.29 is 9.90 Å². The lowest BCUT2D eigenvalue weighted by atomic mass is 10.1. The number of rotatable bonds is 3. The number of aliphatic hydroxyl groups excluding tert-OH is 1. The van der Waals surface area contributed by atoms with Crippen LogP contribution >= 0.6 is 0 Å². The summed E-state index contributed by atoms with van der Waals surface area (Å²) < 4.78 is 0. The second-order valence-electron chi connectivity index (χ2n) is 3.41. The molecule has 72 valence electrons. The van der Waals surface area contributed by atoms with Crippen LogP contribution in [0.15, 0.2) is 0 Å². The minimum atomic E-state index is -0.289. The number of aliphatic hydroxyl groups is 1. The van der Waals surface area contributed by atoms with Crippen molar-refractivity contribution >= 4 is 5.91 Å². The average Bonchev–Trinajstić information content (AvgIpc) is 2.52. The highest BCUT2D eigenvalue weighted by Gasteiger charge is 2.27. The Hall–Kier alpha value is -1.01. The van der Waals surface area contributed by atoms with Crippen LogP contribution in [0.3, 0.4) is 0 Å². The third-order valence-corrected chi connectivity index (χ3v) is 2.34. The predicted molar refractivity (Wildman–Crippen MR) is 49.8 cm³/mol. The predicted octanol–water partition coefficient (Wildman–Crippen LogP) is 0.287. The molecule has 2 N–H and O–H groups in total. The normalized spacial score (nSPS) is 26.8. The van der Waals surface area contributed by atoms with Gasteiger partial charge in [0, 0.05) is 18.9 Å². The maximum absolute atomic E-state index is 11.4. The van der Waals surface area contributed by atoms with E-state index in [9.17, 15) is 9.90 Å². The van der Waals surface area contributed by atoms with E-state index in [1.54, 1.807) is 0 Å². The Bertz CT molecular complexity index is 219. The molecule has 2 atom stereocenters. The lowest BCUT2D eigenvalue weighted by molar-refractivity contribution is -0.124. The number of hydrogen-bond acceptors (Lipinski definition) is 2. The largest absolute Gasteiger partial charge is 0.393 e. The van der Waals surface area contributed by atoms with Crippen LogP contribution in [0, 0.1) is 18.3 Å². The first kappa shape index (κ1) is 10.1. The topological polar surface area (TPSA) is 49.3 Å². The monoisotopic (exact) mass is 181 g/mol. The van der Waals surface area contributed by atoms with Crippen LogP contribution in [0.2, 0.25) is 0 Å². The number of amides is 1. The van der Waals surface area contributed by atoms with Gasteiger partial charge in [0.25, 0.3) is 0 Å². The number of nitrogens with one attached hydrogen (secondary N) is 1. The molecule has 1 aliphatic rings. The summed E-state index contributed by atoms with van der Waals surface area (Å²) in [6, 6.07) is 0. The standard InChI is InChI=1S/C10H15NO2/c1-2-3-6-11-10(13)8-4-5-9(12)7-8/h1,8-9,12H,3-7H2,(H,11,13). The van der Waals surface area contributed by atoms with Gasteiger partial charge in [0.15, 0.2) is 0 Å². The van der Waals surface area contributed by atoms with Crippen LogP contribution in [0.1, 0.15) is 25.7 Å². The Kier molecular flexibility index (Phi) is 3.78. The molecule has 1 aliphatic carbocycles. The van der Waals surface area contributed by atoms with Crippen LogP contribution in [-0.2, 0) is 4.79 Å². The quantitative estimate of drug-likeness (QED) is 0.485. The summed E-state index contributed by atoms with van der Waals surface area (Å²) in [6.45, 7) is 0.544. The molecule has 2 unspecified atom stereocenters. The number of carbonyl (C=O) groups is 1. The summed E-state index contributed by atoms with van der Waals surface area (Å²) >= 11 is 0. The lowest BCUT2D eigenvalue weighted by Crippen LogP contribution is -2.30. The van der Waals surface area contributed by atoms with Gasteiger partial charge in [-0.25, -0.2) is 0 Å². The molecular weight excluding hydrogens is 166 g/mol. The van der Waals surface area contributed by atoms with Crippen LogP contribution in [0.5, 0.6) is 0 Å². The van der Waals surface area contributed by atoms with Crippen molar-refractivity contribution in [1.29, 1.82) is 0 Å². The van der Waals surface area contributed by atoms with Crippen molar-refractivity contribution in [1.82, 2.24) is 5.32 Å². The van der Waals surface area contributed by atoms with Gasteiger partial charge < -0.3 is 10.4 Å². The third-order valence-electron chi connectivity index (χ3n) is 2.34. The summed E-state index contributed by atoms with van der Waals surface area (Å²) in [5.41, 5.74) is 0. The van der Waals surface area contributed by atoms with Gasteiger partial charge in [-0.2, -0.15) is 0 Å². The van der Waals surface area contributed by atoms with Crippen molar-refractivity contribution in [2.75, 3.05) is 6.54 Å². The van der Waals surface area contributed by atoms with Gasteiger partial charge in [-0.05, 0) is 19.3 Å². The van der Waals surface area contributed by atoms with Gasteiger partial charge in [-0.15, -0.1) is 12.3 Å². The Morgan fingerprint density at radius 2 is 2.38 bits per heavy atom. The van der Waals surface area contributed by atoms with Gasteiger partial charge >= 0.3 is 0 Å². The molecule has 1 fully saturated rings. The summed E-state index contributed by atoms with van der Waals surface area (Å²) in [7, 11) is 0. The molecule has 0 aromatic carbocycles. The average molecular weight is 181 g/mol. The van der Waals surface area contributed by atoms with Crippen LogP contribution in [0.4, 0.5) is 0 Å². The van der Waals surface area contributed by atoms with Gasteiger partial charge in [0.05, 0.1) is 6.10 Å². The third kappa shape index (κ3) is 3.08. The molecule has 0 radical (unpaired) electrons. The number of terminal acetylenes is 1.